The van der Waals surface area contributed by atoms with E-state index in [-0.39, 0.29) is 47.6 Å². The van der Waals surface area contributed by atoms with Gasteiger partial charge in [0.2, 0.25) is 5.88 Å². The van der Waals surface area contributed by atoms with Crippen molar-refractivity contribution in [3.05, 3.63) is 59.0 Å². The molecule has 1 aromatic carbocycles. The number of hydrogen-bond donors (Lipinski definition) is 2. The van der Waals surface area contributed by atoms with Crippen LogP contribution in [0.1, 0.15) is 35.3 Å². The summed E-state index contributed by atoms with van der Waals surface area (Å²) in [7, 11) is 1.84. The van der Waals surface area contributed by atoms with Gasteiger partial charge >= 0.3 is 0 Å². The SMILES string of the molecule is CNC[C@H]1Oc2ncc(C#Cc3ccccc3F)cc2C(=O)N([C@@H](C)CO)C[C@H]1C. The molecule has 158 valence electrons. The van der Waals surface area contributed by atoms with Crippen molar-refractivity contribution in [1.29, 1.82) is 0 Å². The Kier molecular flexibility index (Phi) is 7.03. The summed E-state index contributed by atoms with van der Waals surface area (Å²) in [5.74, 6) is 5.24. The monoisotopic (exact) mass is 411 g/mol. The van der Waals surface area contributed by atoms with E-state index < -0.39 is 5.82 Å². The second kappa shape index (κ2) is 9.70. The third kappa shape index (κ3) is 4.78. The van der Waals surface area contributed by atoms with Crippen LogP contribution in [0.4, 0.5) is 4.39 Å². The van der Waals surface area contributed by atoms with E-state index in [1.165, 1.54) is 12.3 Å². The number of nitrogens with zero attached hydrogens (tertiary/aromatic N) is 2. The van der Waals surface area contributed by atoms with Gasteiger partial charge in [-0.3, -0.25) is 4.79 Å². The molecule has 2 aromatic rings. The summed E-state index contributed by atoms with van der Waals surface area (Å²) in [5, 5.41) is 12.8. The van der Waals surface area contributed by atoms with Gasteiger partial charge in [0, 0.05) is 30.8 Å². The van der Waals surface area contributed by atoms with Crippen molar-refractivity contribution in [2.24, 2.45) is 5.92 Å². The molecule has 0 bridgehead atoms. The van der Waals surface area contributed by atoms with Crippen molar-refractivity contribution in [2.45, 2.75) is 26.0 Å². The second-order valence-electron chi connectivity index (χ2n) is 7.49. The third-order valence-corrected chi connectivity index (χ3v) is 5.14. The number of ether oxygens (including phenoxy) is 1. The van der Waals surface area contributed by atoms with Crippen LogP contribution in [0.25, 0.3) is 0 Å². The van der Waals surface area contributed by atoms with Crippen LogP contribution in [0.2, 0.25) is 0 Å². The Balaban J connectivity index is 2.02. The molecule has 3 atom stereocenters. The van der Waals surface area contributed by atoms with Gasteiger partial charge in [0.25, 0.3) is 5.91 Å². The molecule has 0 saturated carbocycles. The lowest BCUT2D eigenvalue weighted by molar-refractivity contribution is 0.0404. The highest BCUT2D eigenvalue weighted by molar-refractivity contribution is 5.97. The number of carbonyl (C=O) groups excluding carboxylic acids is 1. The predicted octanol–water partition coefficient (Wildman–Crippen LogP) is 2.06. The van der Waals surface area contributed by atoms with Crippen LogP contribution in [0, 0.1) is 23.6 Å². The Morgan fingerprint density at radius 2 is 2.17 bits per heavy atom. The molecule has 7 heteroatoms. The number of amides is 1. The topological polar surface area (TPSA) is 74.7 Å². The summed E-state index contributed by atoms with van der Waals surface area (Å²) in [6.45, 7) is 4.69. The molecule has 0 spiro atoms. The van der Waals surface area contributed by atoms with E-state index in [0.29, 0.717) is 18.7 Å². The van der Waals surface area contributed by atoms with Crippen LogP contribution in [0.3, 0.4) is 0 Å². The number of aliphatic hydroxyl groups excluding tert-OH is 1. The lowest BCUT2D eigenvalue weighted by atomic mass is 10.0. The summed E-state index contributed by atoms with van der Waals surface area (Å²) in [5.41, 5.74) is 1.03. The van der Waals surface area contributed by atoms with Gasteiger partial charge in [-0.05, 0) is 32.2 Å². The minimum absolute atomic E-state index is 0.0332. The number of pyridine rings is 1. The fourth-order valence-electron chi connectivity index (χ4n) is 3.32. The molecule has 0 radical (unpaired) electrons. The fourth-order valence-corrected chi connectivity index (χ4v) is 3.32. The number of likely N-dealkylation sites (N-methyl/N-ethyl adjacent to an activating group) is 1. The molecule has 0 aliphatic carbocycles. The molecule has 6 nitrogen and oxygen atoms in total. The highest BCUT2D eigenvalue weighted by Crippen LogP contribution is 2.26. The van der Waals surface area contributed by atoms with Crippen LogP contribution >= 0.6 is 0 Å². The average molecular weight is 411 g/mol. The van der Waals surface area contributed by atoms with E-state index in [9.17, 15) is 14.3 Å². The van der Waals surface area contributed by atoms with E-state index in [0.717, 1.165) is 0 Å². The highest BCUT2D eigenvalue weighted by Gasteiger charge is 2.33. The molecule has 2 heterocycles. The number of halogens is 1. The molecule has 1 amide bonds. The standard InChI is InChI=1S/C23H26FN3O3/c1-15-13-27(16(2)14-28)23(29)19-10-17(8-9-18-6-4-5-7-20(18)24)11-26-22(19)30-21(15)12-25-3/h4-7,10-11,15-16,21,25,28H,12-14H2,1-3H3/t15-,16+,21-/m1/s1. The first-order chi connectivity index (χ1) is 14.4. The molecule has 0 unspecified atom stereocenters. The molecule has 1 aliphatic heterocycles. The first-order valence-corrected chi connectivity index (χ1v) is 9.94. The van der Waals surface area contributed by atoms with E-state index in [2.05, 4.69) is 22.1 Å². The zero-order valence-electron chi connectivity index (χ0n) is 17.4. The lowest BCUT2D eigenvalue weighted by Crippen LogP contribution is -2.49. The first-order valence-electron chi connectivity index (χ1n) is 9.94. The van der Waals surface area contributed by atoms with Crippen LogP contribution in [-0.4, -0.2) is 59.8 Å². The number of fused-ring (bicyclic) bond motifs is 1. The van der Waals surface area contributed by atoms with Crippen LogP contribution < -0.4 is 10.1 Å². The Bertz CT molecular complexity index is 970. The van der Waals surface area contributed by atoms with Crippen molar-refractivity contribution >= 4 is 5.91 Å². The number of aromatic nitrogens is 1. The van der Waals surface area contributed by atoms with Crippen molar-refractivity contribution in [2.75, 3.05) is 26.7 Å². The molecule has 2 N–H and O–H groups in total. The van der Waals surface area contributed by atoms with Gasteiger partial charge in [-0.2, -0.15) is 0 Å². The molecule has 1 aliphatic rings. The van der Waals surface area contributed by atoms with Crippen LogP contribution in [-0.2, 0) is 0 Å². The maximum atomic E-state index is 13.8. The first kappa shape index (κ1) is 21.8. The third-order valence-electron chi connectivity index (χ3n) is 5.14. The lowest BCUT2D eigenvalue weighted by Gasteiger charge is -2.36. The minimum Gasteiger partial charge on any atom is -0.472 e. The Labute approximate surface area is 176 Å². The molecular weight excluding hydrogens is 385 g/mol. The molecule has 0 fully saturated rings. The minimum atomic E-state index is -0.407. The summed E-state index contributed by atoms with van der Waals surface area (Å²) in [6.07, 6.45) is 1.32. The number of aliphatic hydroxyl groups is 1. The average Bonchev–Trinajstić information content (AvgIpc) is 2.75. The Morgan fingerprint density at radius 3 is 2.87 bits per heavy atom. The van der Waals surface area contributed by atoms with Gasteiger partial charge in [0.1, 0.15) is 17.5 Å². The van der Waals surface area contributed by atoms with Crippen molar-refractivity contribution < 1.29 is 19.0 Å². The summed E-state index contributed by atoms with van der Waals surface area (Å²) < 4.78 is 19.9. The van der Waals surface area contributed by atoms with E-state index in [4.69, 9.17) is 4.74 Å². The number of hydrogen-bond acceptors (Lipinski definition) is 5. The van der Waals surface area contributed by atoms with Gasteiger partial charge in [0.15, 0.2) is 0 Å². The van der Waals surface area contributed by atoms with E-state index in [1.807, 2.05) is 14.0 Å². The smallest absolute Gasteiger partial charge is 0.259 e. The number of nitrogens with one attached hydrogen (secondary N) is 1. The van der Waals surface area contributed by atoms with Crippen molar-refractivity contribution in [1.82, 2.24) is 15.2 Å². The summed E-state index contributed by atoms with van der Waals surface area (Å²) in [6, 6.07) is 7.50. The zero-order chi connectivity index (χ0) is 21.7. The van der Waals surface area contributed by atoms with Crippen LogP contribution in [0.15, 0.2) is 36.5 Å². The van der Waals surface area contributed by atoms with Gasteiger partial charge < -0.3 is 20.1 Å². The number of benzene rings is 1. The largest absolute Gasteiger partial charge is 0.472 e. The van der Waals surface area contributed by atoms with Crippen molar-refractivity contribution in [3.8, 4) is 17.7 Å². The van der Waals surface area contributed by atoms with E-state index in [1.54, 1.807) is 36.1 Å². The maximum absolute atomic E-state index is 13.8. The van der Waals surface area contributed by atoms with Gasteiger partial charge in [-0.25, -0.2) is 9.37 Å². The number of rotatable bonds is 4. The Hall–Kier alpha value is -2.95. The highest BCUT2D eigenvalue weighted by atomic mass is 19.1. The van der Waals surface area contributed by atoms with Gasteiger partial charge in [0.05, 0.1) is 18.2 Å². The predicted molar refractivity (Wildman–Crippen MR) is 112 cm³/mol. The molecular formula is C23H26FN3O3. The number of carbonyl (C=O) groups is 1. The van der Waals surface area contributed by atoms with Crippen LogP contribution in [0.5, 0.6) is 5.88 Å². The van der Waals surface area contributed by atoms with E-state index >= 15 is 0 Å². The fraction of sp³-hybridized carbons (Fsp3) is 0.391. The molecule has 3 rings (SSSR count). The second-order valence-corrected chi connectivity index (χ2v) is 7.49. The molecule has 1 aromatic heterocycles. The molecule has 0 saturated heterocycles. The van der Waals surface area contributed by atoms with Crippen molar-refractivity contribution in [3.63, 3.8) is 0 Å². The molecule has 30 heavy (non-hydrogen) atoms. The summed E-state index contributed by atoms with van der Waals surface area (Å²) in [4.78, 5) is 19.2. The zero-order valence-corrected chi connectivity index (χ0v) is 17.4. The van der Waals surface area contributed by atoms with Gasteiger partial charge in [-0.1, -0.05) is 30.9 Å². The van der Waals surface area contributed by atoms with Gasteiger partial charge in [-0.15, -0.1) is 0 Å². The quantitative estimate of drug-likeness (QED) is 0.754. The Morgan fingerprint density at radius 1 is 1.40 bits per heavy atom. The normalized spacial score (nSPS) is 19.6. The maximum Gasteiger partial charge on any atom is 0.259 e. The summed E-state index contributed by atoms with van der Waals surface area (Å²) >= 11 is 0.